The molecule has 0 spiro atoms. The molecule has 0 bridgehead atoms. The molecule has 146 valence electrons. The monoisotopic (exact) mass is 450 g/mol. The zero-order chi connectivity index (χ0) is 19.2. The molecule has 0 atom stereocenters. The van der Waals surface area contributed by atoms with Gasteiger partial charge in [0.15, 0.2) is 0 Å². The molecule has 2 aromatic rings. The predicted molar refractivity (Wildman–Crippen MR) is 115 cm³/mol. The van der Waals surface area contributed by atoms with E-state index < -0.39 is 0 Å². The van der Waals surface area contributed by atoms with Gasteiger partial charge >= 0.3 is 6.03 Å². The molecule has 27 heavy (non-hydrogen) atoms. The van der Waals surface area contributed by atoms with Gasteiger partial charge in [0.25, 0.3) is 0 Å². The number of nitrogens with one attached hydrogen (secondary N) is 1. The molecule has 0 unspecified atom stereocenters. The van der Waals surface area contributed by atoms with Gasteiger partial charge in [-0.3, -0.25) is 4.90 Å². The van der Waals surface area contributed by atoms with Crippen LogP contribution in [0.25, 0.3) is 0 Å². The molecule has 2 heterocycles. The molecule has 7 heteroatoms. The van der Waals surface area contributed by atoms with Crippen LogP contribution in [0.3, 0.4) is 0 Å². The van der Waals surface area contributed by atoms with E-state index in [1.807, 2.05) is 19.2 Å². The number of rotatable bonds is 6. The van der Waals surface area contributed by atoms with Crippen LogP contribution in [0.15, 0.2) is 40.2 Å². The number of thiophene rings is 1. The number of halogens is 1. The van der Waals surface area contributed by atoms with Crippen LogP contribution in [0.2, 0.25) is 0 Å². The van der Waals surface area contributed by atoms with Crippen LogP contribution in [0.5, 0.6) is 0 Å². The molecule has 2 amide bonds. The molecule has 3 rings (SSSR count). The lowest BCUT2D eigenvalue weighted by Gasteiger charge is -2.32. The van der Waals surface area contributed by atoms with Gasteiger partial charge in [-0.2, -0.15) is 0 Å². The maximum Gasteiger partial charge on any atom is 0.317 e. The number of hydrogen-bond acceptors (Lipinski definition) is 4. The summed E-state index contributed by atoms with van der Waals surface area (Å²) >= 11 is 5.11. The van der Waals surface area contributed by atoms with Crippen molar-refractivity contribution >= 4 is 33.3 Å². The number of nitrogens with zero attached hydrogens (tertiary/aromatic N) is 3. The van der Waals surface area contributed by atoms with Crippen molar-refractivity contribution < 1.29 is 4.79 Å². The zero-order valence-corrected chi connectivity index (χ0v) is 18.4. The summed E-state index contributed by atoms with van der Waals surface area (Å²) in [7, 11) is 4.00. The van der Waals surface area contributed by atoms with E-state index in [9.17, 15) is 4.79 Å². The third kappa shape index (κ3) is 6.31. The van der Waals surface area contributed by atoms with Crippen molar-refractivity contribution in [2.24, 2.45) is 0 Å². The first-order valence-corrected chi connectivity index (χ1v) is 10.8. The fraction of sp³-hybridized carbons (Fsp3) is 0.450. The summed E-state index contributed by atoms with van der Waals surface area (Å²) in [5, 5.41) is 3.00. The summed E-state index contributed by atoms with van der Waals surface area (Å²) in [6, 6.07) is 12.6. The number of carbonyl (C=O) groups is 1. The standard InChI is InChI=1S/C20H27BrN4OS/c1-23-9-11-25(12-10-23)14-17-5-3-16(4-6-17)13-22-20(26)24(2)15-18-7-8-19(21)27-18/h3-8H,9-15H2,1-2H3,(H,22,26). The minimum Gasteiger partial charge on any atom is -0.334 e. The molecular formula is C20H27BrN4OS. The summed E-state index contributed by atoms with van der Waals surface area (Å²) in [6.45, 7) is 6.70. The molecule has 0 aliphatic carbocycles. The van der Waals surface area contributed by atoms with Crippen LogP contribution in [-0.4, -0.2) is 61.0 Å². The normalized spacial score (nSPS) is 15.7. The van der Waals surface area contributed by atoms with E-state index in [-0.39, 0.29) is 6.03 Å². The number of likely N-dealkylation sites (N-methyl/N-ethyl adjacent to an activating group) is 1. The molecule has 1 aromatic heterocycles. The summed E-state index contributed by atoms with van der Waals surface area (Å²) in [6.07, 6.45) is 0. The van der Waals surface area contributed by atoms with E-state index in [2.05, 4.69) is 62.4 Å². The van der Waals surface area contributed by atoms with Crippen molar-refractivity contribution in [1.29, 1.82) is 0 Å². The minimum atomic E-state index is -0.0546. The molecule has 0 radical (unpaired) electrons. The van der Waals surface area contributed by atoms with Gasteiger partial charge in [0.1, 0.15) is 0 Å². The Bertz CT molecular complexity index is 741. The van der Waals surface area contributed by atoms with Crippen molar-refractivity contribution in [1.82, 2.24) is 20.0 Å². The van der Waals surface area contributed by atoms with Crippen molar-refractivity contribution in [3.63, 3.8) is 0 Å². The van der Waals surface area contributed by atoms with E-state index >= 15 is 0 Å². The first-order valence-electron chi connectivity index (χ1n) is 9.21. The first-order chi connectivity index (χ1) is 13.0. The van der Waals surface area contributed by atoms with Crippen LogP contribution in [0.4, 0.5) is 4.79 Å². The quantitative estimate of drug-likeness (QED) is 0.730. The average Bonchev–Trinajstić information content (AvgIpc) is 3.07. The first kappa shape index (κ1) is 20.3. The van der Waals surface area contributed by atoms with Crippen molar-refractivity contribution in [2.75, 3.05) is 40.3 Å². The van der Waals surface area contributed by atoms with E-state index in [4.69, 9.17) is 0 Å². The average molecular weight is 451 g/mol. The van der Waals surface area contributed by atoms with Gasteiger partial charge in [-0.15, -0.1) is 11.3 Å². The topological polar surface area (TPSA) is 38.8 Å². The Morgan fingerprint density at radius 3 is 2.41 bits per heavy atom. The Morgan fingerprint density at radius 1 is 1.11 bits per heavy atom. The highest BCUT2D eigenvalue weighted by molar-refractivity contribution is 9.11. The van der Waals surface area contributed by atoms with Crippen LogP contribution in [0, 0.1) is 0 Å². The number of piperazine rings is 1. The molecular weight excluding hydrogens is 424 g/mol. The third-order valence-electron chi connectivity index (χ3n) is 4.84. The highest BCUT2D eigenvalue weighted by Gasteiger charge is 2.14. The summed E-state index contributed by atoms with van der Waals surface area (Å²) in [5.74, 6) is 0. The van der Waals surface area contributed by atoms with E-state index in [0.29, 0.717) is 13.1 Å². The Morgan fingerprint density at radius 2 is 1.78 bits per heavy atom. The van der Waals surface area contributed by atoms with E-state index in [1.54, 1.807) is 16.2 Å². The molecule has 1 N–H and O–H groups in total. The largest absolute Gasteiger partial charge is 0.334 e. The molecule has 1 aliphatic rings. The van der Waals surface area contributed by atoms with Gasteiger partial charge in [0.2, 0.25) is 0 Å². The number of hydrogen-bond donors (Lipinski definition) is 1. The van der Waals surface area contributed by atoms with Crippen LogP contribution in [-0.2, 0) is 19.6 Å². The van der Waals surface area contributed by atoms with Gasteiger partial charge in [-0.25, -0.2) is 4.79 Å². The summed E-state index contributed by atoms with van der Waals surface area (Å²) < 4.78 is 1.09. The Balaban J connectivity index is 1.43. The molecule has 0 saturated carbocycles. The lowest BCUT2D eigenvalue weighted by atomic mass is 10.1. The number of urea groups is 1. The summed E-state index contributed by atoms with van der Waals surface area (Å²) in [5.41, 5.74) is 2.45. The Hall–Kier alpha value is -1.41. The second-order valence-electron chi connectivity index (χ2n) is 7.12. The smallest absolute Gasteiger partial charge is 0.317 e. The molecule has 5 nitrogen and oxygen atoms in total. The molecule has 1 saturated heterocycles. The lowest BCUT2D eigenvalue weighted by molar-refractivity contribution is 0.148. The SMILES string of the molecule is CN1CCN(Cc2ccc(CNC(=O)N(C)Cc3ccc(Br)s3)cc2)CC1. The Labute approximate surface area is 174 Å². The lowest BCUT2D eigenvalue weighted by Crippen LogP contribution is -2.43. The van der Waals surface area contributed by atoms with Gasteiger partial charge < -0.3 is 15.1 Å². The van der Waals surface area contributed by atoms with Crippen molar-refractivity contribution in [2.45, 2.75) is 19.6 Å². The van der Waals surface area contributed by atoms with Crippen LogP contribution in [0.1, 0.15) is 16.0 Å². The van der Waals surface area contributed by atoms with Gasteiger partial charge in [0.05, 0.1) is 10.3 Å². The van der Waals surface area contributed by atoms with E-state index in [1.165, 1.54) is 5.56 Å². The van der Waals surface area contributed by atoms with Crippen molar-refractivity contribution in [3.8, 4) is 0 Å². The number of amides is 2. The summed E-state index contributed by atoms with van der Waals surface area (Å²) in [4.78, 5) is 20.0. The zero-order valence-electron chi connectivity index (χ0n) is 15.9. The van der Waals surface area contributed by atoms with E-state index in [0.717, 1.165) is 47.0 Å². The minimum absolute atomic E-state index is 0.0546. The second kappa shape index (κ2) is 9.68. The number of benzene rings is 1. The van der Waals surface area contributed by atoms with Gasteiger partial charge in [-0.1, -0.05) is 24.3 Å². The Kier molecular flexibility index (Phi) is 7.29. The molecule has 1 fully saturated rings. The van der Waals surface area contributed by atoms with Crippen LogP contribution < -0.4 is 5.32 Å². The fourth-order valence-electron chi connectivity index (χ4n) is 3.08. The third-order valence-corrected chi connectivity index (χ3v) is 6.45. The highest BCUT2D eigenvalue weighted by Crippen LogP contribution is 2.23. The van der Waals surface area contributed by atoms with Crippen molar-refractivity contribution in [3.05, 3.63) is 56.2 Å². The van der Waals surface area contributed by atoms with Gasteiger partial charge in [-0.05, 0) is 46.2 Å². The van der Waals surface area contributed by atoms with Crippen LogP contribution >= 0.6 is 27.3 Å². The number of carbonyl (C=O) groups excluding carboxylic acids is 1. The predicted octanol–water partition coefficient (Wildman–Crippen LogP) is 3.60. The molecule has 1 aromatic carbocycles. The highest BCUT2D eigenvalue weighted by atomic mass is 79.9. The molecule has 1 aliphatic heterocycles. The maximum absolute atomic E-state index is 12.3. The maximum atomic E-state index is 12.3. The van der Waals surface area contributed by atoms with Gasteiger partial charge in [0, 0.05) is 51.2 Å². The fourth-order valence-corrected chi connectivity index (χ4v) is 4.62. The second-order valence-corrected chi connectivity index (χ2v) is 9.66.